The van der Waals surface area contributed by atoms with E-state index in [0.29, 0.717) is 11.9 Å². The molecule has 0 saturated carbocycles. The second-order valence-electron chi connectivity index (χ2n) is 7.22. The molecule has 0 aliphatic rings. The standard InChI is InChI=1S/C21H18F6N4O/c1-12-9-15(19(20(22,23)24,21(25,26)27)31-8-4-7-29-31)10-13(2)17(12)30-18(32)14-5-3-6-16(28)11-14/h3-11H,28H2,1-2H3,(H,30,32). The van der Waals surface area contributed by atoms with Crippen LogP contribution >= 0.6 is 0 Å². The van der Waals surface area contributed by atoms with Gasteiger partial charge in [0.15, 0.2) is 0 Å². The summed E-state index contributed by atoms with van der Waals surface area (Å²) in [5, 5.41) is 5.80. The van der Waals surface area contributed by atoms with Gasteiger partial charge in [0, 0.05) is 29.3 Å². The van der Waals surface area contributed by atoms with Gasteiger partial charge in [0.1, 0.15) is 0 Å². The predicted octanol–water partition coefficient (Wildman–Crippen LogP) is 5.20. The van der Waals surface area contributed by atoms with Crippen LogP contribution in [0.15, 0.2) is 54.9 Å². The van der Waals surface area contributed by atoms with Gasteiger partial charge in [-0.15, -0.1) is 0 Å². The molecule has 1 amide bonds. The van der Waals surface area contributed by atoms with E-state index in [4.69, 9.17) is 5.73 Å². The maximum Gasteiger partial charge on any atom is 0.426 e. The summed E-state index contributed by atoms with van der Waals surface area (Å²) in [6.45, 7) is 2.62. The first kappa shape index (κ1) is 23.2. The quantitative estimate of drug-likeness (QED) is 0.419. The van der Waals surface area contributed by atoms with E-state index in [1.807, 2.05) is 0 Å². The van der Waals surface area contributed by atoms with Crippen molar-refractivity contribution in [3.8, 4) is 0 Å². The molecule has 170 valence electrons. The number of aryl methyl sites for hydroxylation is 2. The Hall–Kier alpha value is -3.50. The zero-order valence-electron chi connectivity index (χ0n) is 16.8. The van der Waals surface area contributed by atoms with Crippen LogP contribution in [0.2, 0.25) is 0 Å². The molecule has 0 bridgehead atoms. The van der Waals surface area contributed by atoms with Gasteiger partial charge >= 0.3 is 12.4 Å². The molecule has 32 heavy (non-hydrogen) atoms. The summed E-state index contributed by atoms with van der Waals surface area (Å²) in [5.41, 5.74) is 0.799. The van der Waals surface area contributed by atoms with Crippen molar-refractivity contribution >= 4 is 17.3 Å². The molecule has 0 aliphatic heterocycles. The van der Waals surface area contributed by atoms with E-state index in [1.54, 1.807) is 6.07 Å². The number of carbonyl (C=O) groups excluding carboxylic acids is 1. The number of benzene rings is 2. The van der Waals surface area contributed by atoms with Crippen LogP contribution in [0.4, 0.5) is 37.7 Å². The van der Waals surface area contributed by atoms with Crippen molar-refractivity contribution in [1.82, 2.24) is 9.78 Å². The number of nitrogens with one attached hydrogen (secondary N) is 1. The molecule has 0 atom stereocenters. The highest BCUT2D eigenvalue weighted by Crippen LogP contribution is 2.53. The van der Waals surface area contributed by atoms with Crippen molar-refractivity contribution in [2.24, 2.45) is 0 Å². The number of alkyl halides is 6. The number of hydrogen-bond acceptors (Lipinski definition) is 3. The minimum absolute atomic E-state index is 0.0160. The molecule has 0 aliphatic carbocycles. The molecule has 1 aromatic heterocycles. The monoisotopic (exact) mass is 456 g/mol. The lowest BCUT2D eigenvalue weighted by Gasteiger charge is -2.38. The van der Waals surface area contributed by atoms with Gasteiger partial charge in [0.25, 0.3) is 11.4 Å². The Morgan fingerprint density at radius 1 is 0.969 bits per heavy atom. The number of nitrogens with two attached hydrogens (primary N) is 1. The van der Waals surface area contributed by atoms with Crippen molar-refractivity contribution in [2.45, 2.75) is 31.7 Å². The maximum atomic E-state index is 14.1. The molecular weight excluding hydrogens is 438 g/mol. The van der Waals surface area contributed by atoms with E-state index in [0.717, 1.165) is 24.4 Å². The average Bonchev–Trinajstić information content (AvgIpc) is 3.17. The minimum Gasteiger partial charge on any atom is -0.399 e. The number of carbonyl (C=O) groups is 1. The Labute approximate surface area is 178 Å². The van der Waals surface area contributed by atoms with Gasteiger partial charge in [0.05, 0.1) is 0 Å². The van der Waals surface area contributed by atoms with Crippen molar-refractivity contribution in [1.29, 1.82) is 0 Å². The molecule has 3 rings (SSSR count). The molecule has 5 nitrogen and oxygen atoms in total. The van der Waals surface area contributed by atoms with Crippen LogP contribution in [0, 0.1) is 13.8 Å². The molecule has 2 aromatic carbocycles. The largest absolute Gasteiger partial charge is 0.426 e. The number of aromatic nitrogens is 2. The van der Waals surface area contributed by atoms with E-state index >= 15 is 0 Å². The van der Waals surface area contributed by atoms with Crippen molar-refractivity contribution in [3.63, 3.8) is 0 Å². The third-order valence-corrected chi connectivity index (χ3v) is 5.01. The fraction of sp³-hybridized carbons (Fsp3) is 0.238. The highest BCUT2D eigenvalue weighted by Gasteiger charge is 2.74. The summed E-state index contributed by atoms with van der Waals surface area (Å²) >= 11 is 0. The van der Waals surface area contributed by atoms with E-state index in [-0.39, 0.29) is 27.1 Å². The van der Waals surface area contributed by atoms with Crippen LogP contribution in [0.5, 0.6) is 0 Å². The van der Waals surface area contributed by atoms with Gasteiger partial charge in [-0.05, 0) is 54.8 Å². The fourth-order valence-corrected chi connectivity index (χ4v) is 3.58. The normalized spacial score (nSPS) is 12.6. The lowest BCUT2D eigenvalue weighted by molar-refractivity contribution is -0.316. The lowest BCUT2D eigenvalue weighted by Crippen LogP contribution is -2.59. The van der Waals surface area contributed by atoms with Gasteiger partial charge in [-0.25, -0.2) is 4.68 Å². The smallest absolute Gasteiger partial charge is 0.399 e. The van der Waals surface area contributed by atoms with E-state index in [2.05, 4.69) is 10.4 Å². The molecule has 3 N–H and O–H groups in total. The number of amides is 1. The first-order valence-electron chi connectivity index (χ1n) is 9.21. The van der Waals surface area contributed by atoms with Crippen molar-refractivity contribution in [3.05, 3.63) is 77.1 Å². The molecule has 0 radical (unpaired) electrons. The number of nitrogen functional groups attached to an aromatic ring is 1. The zero-order chi connectivity index (χ0) is 23.9. The highest BCUT2D eigenvalue weighted by molar-refractivity contribution is 6.05. The third kappa shape index (κ3) is 3.78. The summed E-state index contributed by atoms with van der Waals surface area (Å²) in [6, 6.07) is 8.45. The number of rotatable bonds is 4. The van der Waals surface area contributed by atoms with E-state index in [9.17, 15) is 31.1 Å². The van der Waals surface area contributed by atoms with Crippen LogP contribution in [-0.2, 0) is 5.54 Å². The van der Waals surface area contributed by atoms with Crippen LogP contribution in [0.1, 0.15) is 27.0 Å². The molecule has 3 aromatic rings. The van der Waals surface area contributed by atoms with Crippen LogP contribution < -0.4 is 11.1 Å². The number of nitrogens with zero attached hydrogens (tertiary/aromatic N) is 2. The summed E-state index contributed by atoms with van der Waals surface area (Å²) in [6.07, 6.45) is -10.1. The summed E-state index contributed by atoms with van der Waals surface area (Å²) in [7, 11) is 0. The first-order chi connectivity index (χ1) is 14.8. The van der Waals surface area contributed by atoms with Crippen LogP contribution in [0.3, 0.4) is 0 Å². The molecule has 11 heteroatoms. The van der Waals surface area contributed by atoms with Gasteiger partial charge in [0.2, 0.25) is 0 Å². The Balaban J connectivity index is 2.15. The Morgan fingerprint density at radius 2 is 1.56 bits per heavy atom. The molecular formula is C21H18F6N4O. The number of halogens is 6. The molecule has 0 saturated heterocycles. The molecule has 1 heterocycles. The van der Waals surface area contributed by atoms with Crippen LogP contribution in [-0.4, -0.2) is 28.0 Å². The van der Waals surface area contributed by atoms with Crippen LogP contribution in [0.25, 0.3) is 0 Å². The summed E-state index contributed by atoms with van der Waals surface area (Å²) in [5.74, 6) is -0.610. The second kappa shape index (κ2) is 7.88. The highest BCUT2D eigenvalue weighted by atomic mass is 19.4. The van der Waals surface area contributed by atoms with E-state index < -0.39 is 29.4 Å². The lowest BCUT2D eigenvalue weighted by atomic mass is 9.85. The van der Waals surface area contributed by atoms with Gasteiger partial charge in [-0.2, -0.15) is 31.4 Å². The van der Waals surface area contributed by atoms with Gasteiger partial charge in [-0.3, -0.25) is 4.79 Å². The number of hydrogen-bond donors (Lipinski definition) is 2. The van der Waals surface area contributed by atoms with Gasteiger partial charge < -0.3 is 11.1 Å². The summed E-state index contributed by atoms with van der Waals surface area (Å²) < 4.78 is 84.4. The Morgan fingerprint density at radius 3 is 2.03 bits per heavy atom. The van der Waals surface area contributed by atoms with E-state index in [1.165, 1.54) is 32.0 Å². The van der Waals surface area contributed by atoms with Gasteiger partial charge in [-0.1, -0.05) is 18.2 Å². The fourth-order valence-electron chi connectivity index (χ4n) is 3.58. The Kier molecular flexibility index (Phi) is 5.71. The first-order valence-corrected chi connectivity index (χ1v) is 9.21. The Bertz CT molecular complexity index is 1100. The molecule has 0 fully saturated rings. The second-order valence-corrected chi connectivity index (χ2v) is 7.22. The maximum absolute atomic E-state index is 14.1. The average molecular weight is 456 g/mol. The third-order valence-electron chi connectivity index (χ3n) is 5.01. The number of anilines is 2. The molecule has 0 spiro atoms. The summed E-state index contributed by atoms with van der Waals surface area (Å²) in [4.78, 5) is 12.5. The zero-order valence-corrected chi connectivity index (χ0v) is 16.8. The van der Waals surface area contributed by atoms with Crippen molar-refractivity contribution in [2.75, 3.05) is 11.1 Å². The SMILES string of the molecule is Cc1cc(C(n2cccn2)(C(F)(F)F)C(F)(F)F)cc(C)c1NC(=O)c1cccc(N)c1. The predicted molar refractivity (Wildman–Crippen MR) is 106 cm³/mol. The minimum atomic E-state index is -5.76. The van der Waals surface area contributed by atoms with Crippen molar-refractivity contribution < 1.29 is 31.1 Å². The topological polar surface area (TPSA) is 72.9 Å². The molecule has 0 unspecified atom stereocenters.